The van der Waals surface area contributed by atoms with Gasteiger partial charge in [-0.05, 0) is 43.3 Å². The lowest BCUT2D eigenvalue weighted by Crippen LogP contribution is -2.26. The van der Waals surface area contributed by atoms with Crippen molar-refractivity contribution in [3.63, 3.8) is 0 Å². The number of benzene rings is 2. The van der Waals surface area contributed by atoms with Crippen LogP contribution in [0.5, 0.6) is 0 Å². The van der Waals surface area contributed by atoms with Crippen molar-refractivity contribution in [2.75, 3.05) is 23.1 Å². The second-order valence-electron chi connectivity index (χ2n) is 5.22. The van der Waals surface area contributed by atoms with Gasteiger partial charge in [-0.25, -0.2) is 4.79 Å². The maximum absolute atomic E-state index is 12.1. The number of methoxy groups -OCH3 is 1. The van der Waals surface area contributed by atoms with E-state index < -0.39 is 12.1 Å². The summed E-state index contributed by atoms with van der Waals surface area (Å²) in [6.07, 6.45) is -0.577. The molecule has 0 fully saturated rings. The molecule has 0 heterocycles. The molecule has 0 bridgehead atoms. The molecule has 1 atom stereocenters. The minimum absolute atomic E-state index is 0.280. The lowest BCUT2D eigenvalue weighted by atomic mass is 10.2. The largest absolute Gasteiger partial charge is 0.372 e. The molecule has 2 rings (SSSR count). The van der Waals surface area contributed by atoms with Crippen molar-refractivity contribution < 1.29 is 14.3 Å². The lowest BCUT2D eigenvalue weighted by molar-refractivity contribution is -0.124. The molecule has 128 valence electrons. The van der Waals surface area contributed by atoms with E-state index in [0.717, 1.165) is 0 Å². The number of urea groups is 1. The number of anilines is 3. The first-order chi connectivity index (χ1) is 12.0. The summed E-state index contributed by atoms with van der Waals surface area (Å²) in [5, 5.41) is 16.9. The van der Waals surface area contributed by atoms with E-state index in [1.54, 1.807) is 55.5 Å². The molecule has 0 aliphatic heterocycles. The van der Waals surface area contributed by atoms with Gasteiger partial charge in [0.05, 0.1) is 11.6 Å². The molecule has 0 spiro atoms. The normalized spacial score (nSPS) is 11.1. The topological polar surface area (TPSA) is 103 Å². The third-order valence-electron chi connectivity index (χ3n) is 3.36. The van der Waals surface area contributed by atoms with Gasteiger partial charge in [-0.2, -0.15) is 5.26 Å². The fraction of sp³-hybridized carbons (Fsp3) is 0.167. The Balaban J connectivity index is 2.00. The molecule has 7 nitrogen and oxygen atoms in total. The summed E-state index contributed by atoms with van der Waals surface area (Å²) in [5.41, 5.74) is 2.01. The van der Waals surface area contributed by atoms with E-state index in [0.29, 0.717) is 22.6 Å². The van der Waals surface area contributed by atoms with Gasteiger partial charge in [0, 0.05) is 24.2 Å². The van der Waals surface area contributed by atoms with Crippen LogP contribution in [-0.4, -0.2) is 25.2 Å². The van der Waals surface area contributed by atoms with Gasteiger partial charge in [-0.15, -0.1) is 0 Å². The molecule has 2 aromatic rings. The van der Waals surface area contributed by atoms with Crippen LogP contribution < -0.4 is 16.0 Å². The first-order valence-corrected chi connectivity index (χ1v) is 7.53. The summed E-state index contributed by atoms with van der Waals surface area (Å²) in [5.74, 6) is -0.280. The van der Waals surface area contributed by atoms with Gasteiger partial charge in [0.2, 0.25) is 0 Å². The molecule has 0 aromatic heterocycles. The number of amides is 3. The van der Waals surface area contributed by atoms with Crippen LogP contribution in [0.4, 0.5) is 21.9 Å². The highest BCUT2D eigenvalue weighted by Crippen LogP contribution is 2.16. The highest BCUT2D eigenvalue weighted by atomic mass is 16.5. The number of hydrogen-bond donors (Lipinski definition) is 3. The predicted molar refractivity (Wildman–Crippen MR) is 95.3 cm³/mol. The quantitative estimate of drug-likeness (QED) is 0.779. The van der Waals surface area contributed by atoms with Crippen LogP contribution in [0.2, 0.25) is 0 Å². The SMILES string of the molecule is CO[C@@H](C)C(=O)Nc1cccc(NC(=O)Nc2cccc(C#N)c2)c1. The van der Waals surface area contributed by atoms with Gasteiger partial charge in [-0.3, -0.25) is 4.79 Å². The van der Waals surface area contributed by atoms with Crippen molar-refractivity contribution in [2.45, 2.75) is 13.0 Å². The molecule has 7 heteroatoms. The van der Waals surface area contributed by atoms with Gasteiger partial charge in [-0.1, -0.05) is 12.1 Å². The molecule has 0 aliphatic carbocycles. The number of carbonyl (C=O) groups is 2. The lowest BCUT2D eigenvalue weighted by Gasteiger charge is -2.12. The standard InChI is InChI=1S/C18H18N4O3/c1-12(25-2)17(23)20-15-7-4-8-16(10-15)22-18(24)21-14-6-3-5-13(9-14)11-19/h3-10,12H,1-2H3,(H,20,23)(H2,21,22,24)/t12-/m0/s1. The first-order valence-electron chi connectivity index (χ1n) is 7.53. The zero-order valence-corrected chi connectivity index (χ0v) is 13.9. The molecule has 0 saturated heterocycles. The second kappa shape index (κ2) is 8.47. The monoisotopic (exact) mass is 338 g/mol. The minimum atomic E-state index is -0.577. The Labute approximate surface area is 145 Å². The molecular weight excluding hydrogens is 320 g/mol. The van der Waals surface area contributed by atoms with Crippen molar-refractivity contribution >= 4 is 29.0 Å². The maximum Gasteiger partial charge on any atom is 0.323 e. The smallest absolute Gasteiger partial charge is 0.323 e. The van der Waals surface area contributed by atoms with Crippen LogP contribution in [0.3, 0.4) is 0 Å². The van der Waals surface area contributed by atoms with E-state index in [-0.39, 0.29) is 5.91 Å². The molecular formula is C18H18N4O3. The Morgan fingerprint density at radius 2 is 1.56 bits per heavy atom. The van der Waals surface area contributed by atoms with E-state index in [1.165, 1.54) is 7.11 Å². The summed E-state index contributed by atoms with van der Waals surface area (Å²) in [4.78, 5) is 23.9. The maximum atomic E-state index is 12.1. The van der Waals surface area contributed by atoms with Crippen molar-refractivity contribution in [1.29, 1.82) is 5.26 Å². The number of nitriles is 1. The number of nitrogens with zero attached hydrogens (tertiary/aromatic N) is 1. The Morgan fingerprint density at radius 1 is 1.00 bits per heavy atom. The van der Waals surface area contributed by atoms with Crippen LogP contribution >= 0.6 is 0 Å². The first kappa shape index (κ1) is 18.0. The highest BCUT2D eigenvalue weighted by Gasteiger charge is 2.12. The number of carbonyl (C=O) groups excluding carboxylic acids is 2. The van der Waals surface area contributed by atoms with Crippen LogP contribution in [-0.2, 0) is 9.53 Å². The van der Waals surface area contributed by atoms with Gasteiger partial charge in [0.25, 0.3) is 5.91 Å². The third kappa shape index (κ3) is 5.34. The molecule has 25 heavy (non-hydrogen) atoms. The summed E-state index contributed by atoms with van der Waals surface area (Å²) in [6.45, 7) is 1.64. The van der Waals surface area contributed by atoms with Crippen molar-refractivity contribution in [3.05, 3.63) is 54.1 Å². The molecule has 3 amide bonds. The number of nitrogens with one attached hydrogen (secondary N) is 3. The van der Waals surface area contributed by atoms with Crippen molar-refractivity contribution in [2.24, 2.45) is 0 Å². The van der Waals surface area contributed by atoms with Crippen LogP contribution in [0, 0.1) is 11.3 Å². The number of ether oxygens (including phenoxy) is 1. The highest BCUT2D eigenvalue weighted by molar-refractivity contribution is 6.00. The zero-order valence-electron chi connectivity index (χ0n) is 13.9. The Hall–Kier alpha value is -3.37. The van der Waals surface area contributed by atoms with E-state index in [9.17, 15) is 9.59 Å². The molecule has 3 N–H and O–H groups in total. The average molecular weight is 338 g/mol. The molecule has 0 saturated carbocycles. The van der Waals surface area contributed by atoms with E-state index in [4.69, 9.17) is 10.00 Å². The second-order valence-corrected chi connectivity index (χ2v) is 5.22. The van der Waals surface area contributed by atoms with Gasteiger partial charge in [0.1, 0.15) is 6.10 Å². The fourth-order valence-corrected chi connectivity index (χ4v) is 1.99. The van der Waals surface area contributed by atoms with Crippen LogP contribution in [0.15, 0.2) is 48.5 Å². The third-order valence-corrected chi connectivity index (χ3v) is 3.36. The molecule has 0 aliphatic rings. The Bertz CT molecular complexity index is 814. The zero-order chi connectivity index (χ0) is 18.2. The average Bonchev–Trinajstić information content (AvgIpc) is 2.61. The molecule has 0 unspecified atom stereocenters. The fourth-order valence-electron chi connectivity index (χ4n) is 1.99. The van der Waals surface area contributed by atoms with E-state index in [2.05, 4.69) is 16.0 Å². The van der Waals surface area contributed by atoms with Crippen LogP contribution in [0.1, 0.15) is 12.5 Å². The minimum Gasteiger partial charge on any atom is -0.372 e. The van der Waals surface area contributed by atoms with E-state index in [1.807, 2.05) is 6.07 Å². The Kier molecular flexibility index (Phi) is 6.09. The van der Waals surface area contributed by atoms with E-state index >= 15 is 0 Å². The summed E-state index contributed by atoms with van der Waals surface area (Å²) in [6, 6.07) is 14.9. The van der Waals surface area contributed by atoms with Crippen molar-refractivity contribution in [3.8, 4) is 6.07 Å². The van der Waals surface area contributed by atoms with Gasteiger partial charge in [0.15, 0.2) is 0 Å². The molecule has 0 radical (unpaired) electrons. The predicted octanol–water partition coefficient (Wildman–Crippen LogP) is 3.18. The van der Waals surface area contributed by atoms with Gasteiger partial charge < -0.3 is 20.7 Å². The van der Waals surface area contributed by atoms with Gasteiger partial charge >= 0.3 is 6.03 Å². The number of rotatable bonds is 5. The summed E-state index contributed by atoms with van der Waals surface area (Å²) in [7, 11) is 1.45. The summed E-state index contributed by atoms with van der Waals surface area (Å²) < 4.78 is 4.95. The van der Waals surface area contributed by atoms with Crippen molar-refractivity contribution in [1.82, 2.24) is 0 Å². The van der Waals surface area contributed by atoms with Crippen LogP contribution in [0.25, 0.3) is 0 Å². The summed E-state index contributed by atoms with van der Waals surface area (Å²) >= 11 is 0. The Morgan fingerprint density at radius 3 is 2.16 bits per heavy atom. The number of hydrogen-bond acceptors (Lipinski definition) is 4. The molecule has 2 aromatic carbocycles.